The van der Waals surface area contributed by atoms with E-state index in [9.17, 15) is 8.78 Å². The fraction of sp³-hybridized carbons (Fsp3) is 0.167. The second-order valence-corrected chi connectivity index (χ2v) is 3.08. The van der Waals surface area contributed by atoms with Crippen molar-refractivity contribution in [2.75, 3.05) is 0 Å². The number of alkyl halides is 2. The summed E-state index contributed by atoms with van der Waals surface area (Å²) in [5, 5.41) is -0.203. The number of rotatable bonds is 1. The van der Waals surface area contributed by atoms with Gasteiger partial charge in [0.05, 0.1) is 6.20 Å². The number of aromatic nitrogens is 3. The van der Waals surface area contributed by atoms with Crippen LogP contribution in [0, 0.1) is 0 Å². The SMILES string of the molecule is FC(F)c1nc2cncnc2s1. The van der Waals surface area contributed by atoms with Crippen LogP contribution in [0.2, 0.25) is 0 Å². The molecule has 2 heterocycles. The average Bonchev–Trinajstić information content (AvgIpc) is 2.46. The quantitative estimate of drug-likeness (QED) is 0.685. The van der Waals surface area contributed by atoms with Gasteiger partial charge in [-0.2, -0.15) is 0 Å². The highest BCUT2D eigenvalue weighted by Crippen LogP contribution is 2.26. The summed E-state index contributed by atoms with van der Waals surface area (Å²) in [6.07, 6.45) is 0.213. The van der Waals surface area contributed by atoms with Crippen molar-refractivity contribution >= 4 is 21.7 Å². The van der Waals surface area contributed by atoms with Gasteiger partial charge in [0.25, 0.3) is 6.43 Å². The summed E-state index contributed by atoms with van der Waals surface area (Å²) < 4.78 is 24.2. The summed E-state index contributed by atoms with van der Waals surface area (Å²) in [5.41, 5.74) is 0.429. The van der Waals surface area contributed by atoms with Crippen molar-refractivity contribution in [3.8, 4) is 0 Å². The van der Waals surface area contributed by atoms with Gasteiger partial charge in [-0.05, 0) is 0 Å². The van der Waals surface area contributed by atoms with Gasteiger partial charge in [0.15, 0.2) is 5.01 Å². The predicted octanol–water partition coefficient (Wildman–Crippen LogP) is 2.02. The molecule has 0 saturated carbocycles. The number of thiazole rings is 1. The Hall–Kier alpha value is -1.17. The van der Waals surface area contributed by atoms with E-state index in [1.165, 1.54) is 12.5 Å². The third kappa shape index (κ3) is 1.14. The maximum absolute atomic E-state index is 12.1. The monoisotopic (exact) mass is 187 g/mol. The Morgan fingerprint density at radius 3 is 2.92 bits per heavy atom. The molecule has 0 fully saturated rings. The number of fused-ring (bicyclic) bond motifs is 1. The van der Waals surface area contributed by atoms with Crippen LogP contribution in [0.1, 0.15) is 11.4 Å². The van der Waals surface area contributed by atoms with Crippen LogP contribution in [0.25, 0.3) is 10.3 Å². The summed E-state index contributed by atoms with van der Waals surface area (Å²) in [4.78, 5) is 11.6. The molecule has 0 bridgehead atoms. The van der Waals surface area contributed by atoms with Gasteiger partial charge in [-0.3, -0.25) is 0 Å². The minimum absolute atomic E-state index is 0.203. The zero-order valence-electron chi connectivity index (χ0n) is 5.74. The smallest absolute Gasteiger partial charge is 0.242 e. The van der Waals surface area contributed by atoms with Crippen molar-refractivity contribution in [3.05, 3.63) is 17.5 Å². The lowest BCUT2D eigenvalue weighted by Crippen LogP contribution is -1.79. The Kier molecular flexibility index (Phi) is 1.69. The molecular weight excluding hydrogens is 184 g/mol. The molecule has 0 unspecified atom stereocenters. The molecule has 3 nitrogen and oxygen atoms in total. The fourth-order valence-corrected chi connectivity index (χ4v) is 1.53. The topological polar surface area (TPSA) is 38.7 Å². The van der Waals surface area contributed by atoms with Crippen LogP contribution in [0.5, 0.6) is 0 Å². The maximum atomic E-state index is 12.1. The summed E-state index contributed by atoms with van der Waals surface area (Å²) in [5.74, 6) is 0. The van der Waals surface area contributed by atoms with Crippen LogP contribution < -0.4 is 0 Å². The van der Waals surface area contributed by atoms with Crippen molar-refractivity contribution in [3.63, 3.8) is 0 Å². The van der Waals surface area contributed by atoms with E-state index in [4.69, 9.17) is 0 Å². The zero-order valence-corrected chi connectivity index (χ0v) is 6.55. The summed E-state index contributed by atoms with van der Waals surface area (Å²) in [6, 6.07) is 0. The van der Waals surface area contributed by atoms with Crippen LogP contribution in [-0.4, -0.2) is 15.0 Å². The van der Waals surface area contributed by atoms with Gasteiger partial charge < -0.3 is 0 Å². The van der Waals surface area contributed by atoms with Gasteiger partial charge >= 0.3 is 0 Å². The first kappa shape index (κ1) is 7.48. The minimum atomic E-state index is -2.52. The van der Waals surface area contributed by atoms with Crippen LogP contribution in [0.3, 0.4) is 0 Å². The van der Waals surface area contributed by atoms with E-state index < -0.39 is 6.43 Å². The van der Waals surface area contributed by atoms with Crippen molar-refractivity contribution < 1.29 is 8.78 Å². The maximum Gasteiger partial charge on any atom is 0.289 e. The largest absolute Gasteiger partial charge is 0.289 e. The predicted molar refractivity (Wildman–Crippen MR) is 40.2 cm³/mol. The highest BCUT2D eigenvalue weighted by Gasteiger charge is 2.13. The standard InChI is InChI=1S/C6H3F2N3S/c7-4(8)6-11-3-1-9-2-10-5(3)12-6/h1-2,4H. The first-order valence-corrected chi connectivity index (χ1v) is 3.93. The van der Waals surface area contributed by atoms with Crippen LogP contribution in [0.15, 0.2) is 12.5 Å². The first-order chi connectivity index (χ1) is 5.77. The van der Waals surface area contributed by atoms with E-state index in [-0.39, 0.29) is 5.01 Å². The number of halogens is 2. The van der Waals surface area contributed by atoms with Gasteiger partial charge in [-0.15, -0.1) is 0 Å². The molecule has 0 aromatic carbocycles. The van der Waals surface area contributed by atoms with Gasteiger partial charge in [0, 0.05) is 0 Å². The molecule has 62 valence electrons. The molecule has 2 aromatic rings. The Balaban J connectivity index is 2.62. The normalized spacial score (nSPS) is 11.2. The average molecular weight is 187 g/mol. The molecule has 0 aliphatic carbocycles. The van der Waals surface area contributed by atoms with Gasteiger partial charge in [-0.25, -0.2) is 23.7 Å². The molecule has 0 aliphatic heterocycles. The lowest BCUT2D eigenvalue weighted by Gasteiger charge is -1.85. The van der Waals surface area contributed by atoms with E-state index in [1.54, 1.807) is 0 Å². The zero-order chi connectivity index (χ0) is 8.55. The Labute approximate surface area is 70.1 Å². The van der Waals surface area contributed by atoms with E-state index in [0.29, 0.717) is 10.3 Å². The molecule has 0 atom stereocenters. The molecule has 0 aliphatic rings. The minimum Gasteiger partial charge on any atom is -0.242 e. The number of hydrogen-bond acceptors (Lipinski definition) is 4. The van der Waals surface area contributed by atoms with Crippen LogP contribution in [0.4, 0.5) is 8.78 Å². The fourth-order valence-electron chi connectivity index (χ4n) is 0.800. The molecule has 0 saturated heterocycles. The second-order valence-electron chi connectivity index (χ2n) is 2.07. The van der Waals surface area contributed by atoms with Crippen molar-refractivity contribution in [2.24, 2.45) is 0 Å². The molecule has 12 heavy (non-hydrogen) atoms. The first-order valence-electron chi connectivity index (χ1n) is 3.12. The van der Waals surface area contributed by atoms with Crippen molar-refractivity contribution in [2.45, 2.75) is 6.43 Å². The van der Waals surface area contributed by atoms with Crippen LogP contribution in [-0.2, 0) is 0 Å². The molecule has 0 spiro atoms. The molecule has 0 N–H and O–H groups in total. The third-order valence-electron chi connectivity index (χ3n) is 1.28. The van der Waals surface area contributed by atoms with E-state index in [2.05, 4.69) is 15.0 Å². The highest BCUT2D eigenvalue weighted by atomic mass is 32.1. The van der Waals surface area contributed by atoms with E-state index in [0.717, 1.165) is 11.3 Å². The summed E-state index contributed by atoms with van der Waals surface area (Å²) in [6.45, 7) is 0. The molecule has 0 radical (unpaired) electrons. The number of nitrogens with zero attached hydrogens (tertiary/aromatic N) is 3. The van der Waals surface area contributed by atoms with Gasteiger partial charge in [-0.1, -0.05) is 11.3 Å². The Morgan fingerprint density at radius 2 is 2.25 bits per heavy atom. The second kappa shape index (κ2) is 2.71. The van der Waals surface area contributed by atoms with Gasteiger partial charge in [0.1, 0.15) is 16.7 Å². The molecule has 6 heteroatoms. The van der Waals surface area contributed by atoms with E-state index >= 15 is 0 Å². The summed E-state index contributed by atoms with van der Waals surface area (Å²) >= 11 is 0.893. The van der Waals surface area contributed by atoms with Crippen molar-refractivity contribution in [1.82, 2.24) is 15.0 Å². The third-order valence-corrected chi connectivity index (χ3v) is 2.26. The highest BCUT2D eigenvalue weighted by molar-refractivity contribution is 7.18. The lowest BCUT2D eigenvalue weighted by molar-refractivity contribution is 0.151. The summed E-state index contributed by atoms with van der Waals surface area (Å²) in [7, 11) is 0. The Bertz CT molecular complexity index is 367. The molecular formula is C6H3F2N3S. The van der Waals surface area contributed by atoms with E-state index in [1.807, 2.05) is 0 Å². The lowest BCUT2D eigenvalue weighted by atomic mass is 10.6. The molecule has 2 rings (SSSR count). The van der Waals surface area contributed by atoms with Gasteiger partial charge in [0.2, 0.25) is 0 Å². The molecule has 2 aromatic heterocycles. The van der Waals surface area contributed by atoms with Crippen molar-refractivity contribution in [1.29, 1.82) is 0 Å². The van der Waals surface area contributed by atoms with Crippen LogP contribution >= 0.6 is 11.3 Å². The molecule has 0 amide bonds. The Morgan fingerprint density at radius 1 is 1.42 bits per heavy atom. The number of hydrogen-bond donors (Lipinski definition) is 0.